The maximum Gasteiger partial charge on any atom is 0.243 e. The number of hydrogen-bond acceptors (Lipinski definition) is 5. The van der Waals surface area contributed by atoms with Gasteiger partial charge in [0.15, 0.2) is 0 Å². The van der Waals surface area contributed by atoms with Gasteiger partial charge in [0, 0.05) is 34.3 Å². The van der Waals surface area contributed by atoms with Gasteiger partial charge in [0.1, 0.15) is 18.1 Å². The number of hydrogen-bond donors (Lipinski definition) is 2. The quantitative estimate of drug-likeness (QED) is 0.371. The Morgan fingerprint density at radius 1 is 0.971 bits per heavy atom. The largest absolute Gasteiger partial charge is 0.494 e. The molecule has 1 fully saturated rings. The zero-order valence-corrected chi connectivity index (χ0v) is 20.6. The van der Waals surface area contributed by atoms with Crippen molar-refractivity contribution in [2.75, 3.05) is 23.5 Å². The number of halogens is 2. The molecule has 0 bridgehead atoms. The number of anilines is 2. The fourth-order valence-electron chi connectivity index (χ4n) is 3.72. The Hall–Kier alpha value is -3.42. The van der Waals surface area contributed by atoms with Crippen LogP contribution >= 0.6 is 23.2 Å². The summed E-state index contributed by atoms with van der Waals surface area (Å²) in [6.07, 6.45) is 0.151. The summed E-state index contributed by atoms with van der Waals surface area (Å²) in [5, 5.41) is 1.09. The summed E-state index contributed by atoms with van der Waals surface area (Å²) in [7, 11) is 0. The van der Waals surface area contributed by atoms with Gasteiger partial charge < -0.3 is 14.4 Å². The van der Waals surface area contributed by atoms with Gasteiger partial charge in [-0.05, 0) is 67.6 Å². The fourth-order valence-corrected chi connectivity index (χ4v) is 4.22. The number of hydrazine groups is 1. The predicted molar refractivity (Wildman–Crippen MR) is 137 cm³/mol. The zero-order chi connectivity index (χ0) is 24.8. The minimum atomic E-state index is -0.454. The Labute approximate surface area is 213 Å². The molecule has 0 unspecified atom stereocenters. The molecule has 9 heteroatoms. The molecular weight excluding hydrogens is 489 g/mol. The van der Waals surface area contributed by atoms with Crippen molar-refractivity contribution in [1.82, 2.24) is 5.43 Å². The van der Waals surface area contributed by atoms with E-state index in [1.165, 1.54) is 0 Å². The van der Waals surface area contributed by atoms with Crippen LogP contribution in [0.4, 0.5) is 11.4 Å². The third-order valence-electron chi connectivity index (χ3n) is 5.58. The van der Waals surface area contributed by atoms with Crippen molar-refractivity contribution < 1.29 is 19.1 Å². The van der Waals surface area contributed by atoms with E-state index in [0.29, 0.717) is 34.6 Å². The smallest absolute Gasteiger partial charge is 0.243 e. The van der Waals surface area contributed by atoms with Crippen molar-refractivity contribution in [2.24, 2.45) is 5.92 Å². The third-order valence-corrected chi connectivity index (χ3v) is 6.29. The predicted octanol–water partition coefficient (Wildman–Crippen LogP) is 5.47. The summed E-state index contributed by atoms with van der Waals surface area (Å²) in [6.45, 7) is 3.04. The molecule has 1 saturated heterocycles. The second-order valence-electron chi connectivity index (χ2n) is 7.96. The van der Waals surface area contributed by atoms with Crippen LogP contribution in [0.15, 0.2) is 66.7 Å². The van der Waals surface area contributed by atoms with E-state index in [0.717, 1.165) is 17.0 Å². The average molecular weight is 514 g/mol. The van der Waals surface area contributed by atoms with E-state index in [4.69, 9.17) is 32.7 Å². The molecule has 0 spiro atoms. The molecule has 3 aromatic rings. The van der Waals surface area contributed by atoms with Crippen molar-refractivity contribution in [3.05, 3.63) is 82.3 Å². The van der Waals surface area contributed by atoms with Gasteiger partial charge in [0.2, 0.25) is 11.8 Å². The minimum absolute atomic E-state index is 0.0885. The highest BCUT2D eigenvalue weighted by atomic mass is 35.5. The Morgan fingerprint density at radius 3 is 2.26 bits per heavy atom. The Balaban J connectivity index is 1.27. The topological polar surface area (TPSA) is 79.9 Å². The summed E-state index contributed by atoms with van der Waals surface area (Å²) in [5.41, 5.74) is 7.71. The molecule has 0 aliphatic carbocycles. The molecule has 7 nitrogen and oxygen atoms in total. The zero-order valence-electron chi connectivity index (χ0n) is 19.1. The summed E-state index contributed by atoms with van der Waals surface area (Å²) in [6, 6.07) is 19.7. The maximum atomic E-state index is 12.6. The molecule has 0 aromatic heterocycles. The first kappa shape index (κ1) is 24.7. The molecule has 35 heavy (non-hydrogen) atoms. The number of carbonyl (C=O) groups is 2. The highest BCUT2D eigenvalue weighted by Crippen LogP contribution is 2.28. The van der Waals surface area contributed by atoms with Crippen LogP contribution in [0.1, 0.15) is 18.9 Å². The Bertz CT molecular complexity index is 1170. The first-order valence-corrected chi connectivity index (χ1v) is 11.9. The van der Waals surface area contributed by atoms with E-state index >= 15 is 0 Å². The molecule has 182 valence electrons. The third kappa shape index (κ3) is 6.18. The Kier molecular flexibility index (Phi) is 8.00. The molecular formula is C26H25Cl2N3O4. The van der Waals surface area contributed by atoms with E-state index in [-0.39, 0.29) is 24.8 Å². The molecule has 4 rings (SSSR count). The molecule has 2 N–H and O–H groups in total. The van der Waals surface area contributed by atoms with Crippen LogP contribution in [0, 0.1) is 5.92 Å². The number of amides is 2. The van der Waals surface area contributed by atoms with Crippen LogP contribution < -0.4 is 25.2 Å². The van der Waals surface area contributed by atoms with Crippen LogP contribution in [0.5, 0.6) is 11.5 Å². The van der Waals surface area contributed by atoms with Gasteiger partial charge in [-0.15, -0.1) is 0 Å². The normalized spacial score (nSPS) is 15.1. The maximum absolute atomic E-state index is 12.6. The minimum Gasteiger partial charge on any atom is -0.494 e. The summed E-state index contributed by atoms with van der Waals surface area (Å²) >= 11 is 12.3. The van der Waals surface area contributed by atoms with Gasteiger partial charge in [-0.3, -0.25) is 20.4 Å². The number of nitrogens with one attached hydrogen (secondary N) is 2. The van der Waals surface area contributed by atoms with Crippen molar-refractivity contribution in [2.45, 2.75) is 20.0 Å². The molecule has 1 aliphatic rings. The van der Waals surface area contributed by atoms with E-state index in [2.05, 4.69) is 10.9 Å². The lowest BCUT2D eigenvalue weighted by atomic mass is 10.1. The lowest BCUT2D eigenvalue weighted by Crippen LogP contribution is -2.36. The highest BCUT2D eigenvalue weighted by Gasteiger charge is 2.35. The fraction of sp³-hybridized carbons (Fsp3) is 0.231. The van der Waals surface area contributed by atoms with Gasteiger partial charge >= 0.3 is 0 Å². The van der Waals surface area contributed by atoms with Crippen LogP contribution in [-0.4, -0.2) is 25.0 Å². The molecule has 3 aromatic carbocycles. The van der Waals surface area contributed by atoms with Crippen molar-refractivity contribution in [3.8, 4) is 11.5 Å². The SMILES string of the molecule is CCOc1ccc(N2C[C@H](C(=O)NNc3ccc(OCc4c(Cl)cccc4Cl)cc3)CC2=O)cc1. The van der Waals surface area contributed by atoms with Gasteiger partial charge in [0.05, 0.1) is 18.2 Å². The van der Waals surface area contributed by atoms with Crippen LogP contribution in [0.25, 0.3) is 0 Å². The number of benzene rings is 3. The average Bonchev–Trinajstić information content (AvgIpc) is 3.25. The van der Waals surface area contributed by atoms with E-state index < -0.39 is 5.92 Å². The molecule has 0 saturated carbocycles. The van der Waals surface area contributed by atoms with Crippen molar-refractivity contribution in [1.29, 1.82) is 0 Å². The number of rotatable bonds is 9. The van der Waals surface area contributed by atoms with E-state index in [1.54, 1.807) is 47.4 Å². The summed E-state index contributed by atoms with van der Waals surface area (Å²) < 4.78 is 11.2. The van der Waals surface area contributed by atoms with Gasteiger partial charge in [-0.25, -0.2) is 0 Å². The van der Waals surface area contributed by atoms with Crippen molar-refractivity contribution >= 4 is 46.4 Å². The van der Waals surface area contributed by atoms with Crippen LogP contribution in [-0.2, 0) is 16.2 Å². The Morgan fingerprint density at radius 2 is 1.60 bits per heavy atom. The van der Waals surface area contributed by atoms with Gasteiger partial charge in [-0.1, -0.05) is 29.3 Å². The highest BCUT2D eigenvalue weighted by molar-refractivity contribution is 6.35. The van der Waals surface area contributed by atoms with E-state index in [1.807, 2.05) is 31.2 Å². The molecule has 0 radical (unpaired) electrons. The standard InChI is InChI=1S/C26H25Cl2N3O4/c1-2-34-20-12-8-19(9-13-20)31-15-17(14-25(31)32)26(33)30-29-18-6-10-21(11-7-18)35-16-22-23(27)4-3-5-24(22)28/h3-13,17,29H,2,14-16H2,1H3,(H,30,33)/t17-/m1/s1. The first-order valence-electron chi connectivity index (χ1n) is 11.2. The second-order valence-corrected chi connectivity index (χ2v) is 8.77. The van der Waals surface area contributed by atoms with Crippen LogP contribution in [0.3, 0.4) is 0 Å². The molecule has 1 heterocycles. The number of ether oxygens (including phenoxy) is 2. The van der Waals surface area contributed by atoms with Gasteiger partial charge in [0.25, 0.3) is 0 Å². The second kappa shape index (κ2) is 11.3. The molecule has 1 atom stereocenters. The molecule has 2 amide bonds. The lowest BCUT2D eigenvalue weighted by Gasteiger charge is -2.17. The van der Waals surface area contributed by atoms with E-state index in [9.17, 15) is 9.59 Å². The van der Waals surface area contributed by atoms with Gasteiger partial charge in [-0.2, -0.15) is 0 Å². The lowest BCUT2D eigenvalue weighted by molar-refractivity contribution is -0.125. The first-order chi connectivity index (χ1) is 16.9. The number of carbonyl (C=O) groups excluding carboxylic acids is 2. The number of nitrogens with zero attached hydrogens (tertiary/aromatic N) is 1. The summed E-state index contributed by atoms with van der Waals surface area (Å²) in [4.78, 5) is 26.8. The monoisotopic (exact) mass is 513 g/mol. The van der Waals surface area contributed by atoms with Crippen molar-refractivity contribution in [3.63, 3.8) is 0 Å². The van der Waals surface area contributed by atoms with Crippen LogP contribution in [0.2, 0.25) is 10.0 Å². The molecule has 1 aliphatic heterocycles. The summed E-state index contributed by atoms with van der Waals surface area (Å²) in [5.74, 6) is 0.579.